The number of hydrogen-bond acceptors (Lipinski definition) is 2. The first kappa shape index (κ1) is 11.4. The number of nitrogens with zero attached hydrogens (tertiary/aromatic N) is 1. The van der Waals surface area contributed by atoms with Crippen LogP contribution in [-0.2, 0) is 0 Å². The van der Waals surface area contributed by atoms with E-state index in [1.807, 2.05) is 6.07 Å². The van der Waals surface area contributed by atoms with Crippen molar-refractivity contribution in [1.82, 2.24) is 0 Å². The second-order valence-electron chi connectivity index (χ2n) is 4.06. The Morgan fingerprint density at radius 2 is 2.38 bits per heavy atom. The summed E-state index contributed by atoms with van der Waals surface area (Å²) in [6.07, 6.45) is 2.23. The average molecular weight is 283 g/mol. The van der Waals surface area contributed by atoms with Gasteiger partial charge in [-0.25, -0.2) is 4.39 Å². The molecule has 0 heterocycles. The van der Waals surface area contributed by atoms with Crippen LogP contribution in [0.5, 0.6) is 0 Å². The van der Waals surface area contributed by atoms with Gasteiger partial charge in [0, 0.05) is 6.04 Å². The van der Waals surface area contributed by atoms with Crippen LogP contribution in [0.2, 0.25) is 0 Å². The number of anilines is 1. The van der Waals surface area contributed by atoms with E-state index in [0.717, 1.165) is 12.8 Å². The van der Waals surface area contributed by atoms with E-state index in [2.05, 4.69) is 28.2 Å². The lowest BCUT2D eigenvalue weighted by atomic mass is 10.2. The first-order valence-electron chi connectivity index (χ1n) is 5.32. The SMILES string of the molecule is CCC1CC1Nc1ccc(C#N)c(Br)c1F. The Hall–Kier alpha value is -1.08. The Labute approximate surface area is 103 Å². The molecule has 1 saturated carbocycles. The molecule has 1 aliphatic carbocycles. The van der Waals surface area contributed by atoms with Gasteiger partial charge < -0.3 is 5.32 Å². The highest BCUT2D eigenvalue weighted by Gasteiger charge is 2.35. The molecule has 0 aliphatic heterocycles. The van der Waals surface area contributed by atoms with Crippen molar-refractivity contribution in [1.29, 1.82) is 5.26 Å². The summed E-state index contributed by atoms with van der Waals surface area (Å²) in [6, 6.07) is 5.58. The van der Waals surface area contributed by atoms with Crippen LogP contribution in [0.25, 0.3) is 0 Å². The van der Waals surface area contributed by atoms with E-state index < -0.39 is 0 Å². The van der Waals surface area contributed by atoms with Gasteiger partial charge in [-0.2, -0.15) is 5.26 Å². The van der Waals surface area contributed by atoms with Crippen LogP contribution in [0.1, 0.15) is 25.3 Å². The Balaban J connectivity index is 2.17. The maximum absolute atomic E-state index is 13.8. The van der Waals surface area contributed by atoms with Gasteiger partial charge in [0.15, 0.2) is 5.82 Å². The van der Waals surface area contributed by atoms with Crippen molar-refractivity contribution in [2.75, 3.05) is 5.32 Å². The van der Waals surface area contributed by atoms with Crippen LogP contribution >= 0.6 is 15.9 Å². The van der Waals surface area contributed by atoms with E-state index in [9.17, 15) is 4.39 Å². The third kappa shape index (κ3) is 2.05. The fraction of sp³-hybridized carbons (Fsp3) is 0.417. The minimum absolute atomic E-state index is 0.244. The highest BCUT2D eigenvalue weighted by molar-refractivity contribution is 9.10. The van der Waals surface area contributed by atoms with Crippen LogP contribution in [0.4, 0.5) is 10.1 Å². The van der Waals surface area contributed by atoms with Gasteiger partial charge in [-0.3, -0.25) is 0 Å². The number of halogens is 2. The molecule has 84 valence electrons. The Kier molecular flexibility index (Phi) is 3.15. The van der Waals surface area contributed by atoms with Gasteiger partial charge in [0.1, 0.15) is 6.07 Å². The molecule has 1 aromatic rings. The molecule has 0 amide bonds. The molecular formula is C12H12BrFN2. The maximum atomic E-state index is 13.8. The van der Waals surface area contributed by atoms with E-state index >= 15 is 0 Å². The molecule has 1 aliphatic rings. The minimum atomic E-state index is -0.374. The Morgan fingerprint density at radius 1 is 1.62 bits per heavy atom. The highest BCUT2D eigenvalue weighted by atomic mass is 79.9. The van der Waals surface area contributed by atoms with Gasteiger partial charge in [0.25, 0.3) is 0 Å². The molecule has 0 aromatic heterocycles. The zero-order valence-corrected chi connectivity index (χ0v) is 10.5. The summed E-state index contributed by atoms with van der Waals surface area (Å²) in [6.45, 7) is 2.14. The largest absolute Gasteiger partial charge is 0.380 e. The molecule has 0 radical (unpaired) electrons. The van der Waals surface area contributed by atoms with E-state index in [1.54, 1.807) is 12.1 Å². The van der Waals surface area contributed by atoms with Crippen molar-refractivity contribution < 1.29 is 4.39 Å². The molecule has 2 unspecified atom stereocenters. The number of nitriles is 1. The predicted molar refractivity (Wildman–Crippen MR) is 64.6 cm³/mol. The van der Waals surface area contributed by atoms with E-state index in [0.29, 0.717) is 23.2 Å². The topological polar surface area (TPSA) is 35.8 Å². The maximum Gasteiger partial charge on any atom is 0.161 e. The molecule has 2 nitrogen and oxygen atoms in total. The summed E-state index contributed by atoms with van der Waals surface area (Å²) in [7, 11) is 0. The molecule has 2 atom stereocenters. The van der Waals surface area contributed by atoms with Crippen LogP contribution in [0, 0.1) is 23.1 Å². The van der Waals surface area contributed by atoms with Crippen LogP contribution in [0.3, 0.4) is 0 Å². The number of hydrogen-bond donors (Lipinski definition) is 1. The molecule has 4 heteroatoms. The normalized spacial score (nSPS) is 22.6. The highest BCUT2D eigenvalue weighted by Crippen LogP contribution is 2.37. The van der Waals surface area contributed by atoms with Crippen molar-refractivity contribution >= 4 is 21.6 Å². The second kappa shape index (κ2) is 4.42. The van der Waals surface area contributed by atoms with Crippen molar-refractivity contribution in [2.45, 2.75) is 25.8 Å². The van der Waals surface area contributed by atoms with Crippen molar-refractivity contribution in [2.24, 2.45) is 5.92 Å². The quantitative estimate of drug-likeness (QED) is 0.918. The fourth-order valence-electron chi connectivity index (χ4n) is 1.82. The van der Waals surface area contributed by atoms with Crippen molar-refractivity contribution in [3.63, 3.8) is 0 Å². The van der Waals surface area contributed by atoms with Gasteiger partial charge in [-0.05, 0) is 40.4 Å². The van der Waals surface area contributed by atoms with E-state index in [-0.39, 0.29) is 10.3 Å². The Bertz CT molecular complexity index is 453. The molecule has 1 aromatic carbocycles. The summed E-state index contributed by atoms with van der Waals surface area (Å²) >= 11 is 3.10. The number of benzene rings is 1. The first-order chi connectivity index (χ1) is 7.67. The molecular weight excluding hydrogens is 271 g/mol. The third-order valence-corrected chi connectivity index (χ3v) is 3.77. The number of rotatable bonds is 3. The van der Waals surface area contributed by atoms with Crippen LogP contribution < -0.4 is 5.32 Å². The summed E-state index contributed by atoms with van der Waals surface area (Å²) in [5, 5.41) is 11.9. The lowest BCUT2D eigenvalue weighted by Crippen LogP contribution is -2.06. The summed E-state index contributed by atoms with van der Waals surface area (Å²) < 4.78 is 14.1. The van der Waals surface area contributed by atoms with Gasteiger partial charge in [0.05, 0.1) is 15.7 Å². The zero-order valence-electron chi connectivity index (χ0n) is 8.93. The third-order valence-electron chi connectivity index (χ3n) is 2.99. The van der Waals surface area contributed by atoms with Gasteiger partial charge in [-0.1, -0.05) is 13.3 Å². The minimum Gasteiger partial charge on any atom is -0.380 e. The average Bonchev–Trinajstić information content (AvgIpc) is 3.04. The second-order valence-corrected chi connectivity index (χ2v) is 4.85. The van der Waals surface area contributed by atoms with Crippen LogP contribution in [0.15, 0.2) is 16.6 Å². The van der Waals surface area contributed by atoms with Gasteiger partial charge in [0.2, 0.25) is 0 Å². The molecule has 2 rings (SSSR count). The van der Waals surface area contributed by atoms with E-state index in [1.165, 1.54) is 0 Å². The molecule has 0 spiro atoms. The molecule has 0 saturated heterocycles. The molecule has 1 N–H and O–H groups in total. The smallest absolute Gasteiger partial charge is 0.161 e. The molecule has 16 heavy (non-hydrogen) atoms. The van der Waals surface area contributed by atoms with E-state index in [4.69, 9.17) is 5.26 Å². The summed E-state index contributed by atoms with van der Waals surface area (Å²) in [5.74, 6) is 0.287. The molecule has 1 fully saturated rings. The van der Waals surface area contributed by atoms with Gasteiger partial charge >= 0.3 is 0 Å². The predicted octanol–water partition coefficient (Wildman–Crippen LogP) is 3.67. The Morgan fingerprint density at radius 3 is 2.94 bits per heavy atom. The molecule has 0 bridgehead atoms. The summed E-state index contributed by atoms with van der Waals surface area (Å²) in [5.41, 5.74) is 0.803. The lowest BCUT2D eigenvalue weighted by molar-refractivity contribution is 0.621. The van der Waals surface area contributed by atoms with Crippen LogP contribution in [-0.4, -0.2) is 6.04 Å². The number of nitrogens with one attached hydrogen (secondary N) is 1. The zero-order chi connectivity index (χ0) is 11.7. The van der Waals surface area contributed by atoms with Crippen molar-refractivity contribution in [3.05, 3.63) is 28.0 Å². The monoisotopic (exact) mass is 282 g/mol. The van der Waals surface area contributed by atoms with Crippen molar-refractivity contribution in [3.8, 4) is 6.07 Å². The van der Waals surface area contributed by atoms with Gasteiger partial charge in [-0.15, -0.1) is 0 Å². The fourth-order valence-corrected chi connectivity index (χ4v) is 2.26. The first-order valence-corrected chi connectivity index (χ1v) is 6.11. The standard InChI is InChI=1S/C12H12BrFN2/c1-2-7-5-10(7)16-9-4-3-8(6-15)11(13)12(9)14/h3-4,7,10,16H,2,5H2,1H3. The summed E-state index contributed by atoms with van der Waals surface area (Å²) in [4.78, 5) is 0. The lowest BCUT2D eigenvalue weighted by Gasteiger charge is -2.08.